The average Bonchev–Trinajstić information content (AvgIpc) is 3.15. The smallest absolute Gasteiger partial charge is 0.346 e. The molecule has 3 aromatic rings. The SMILES string of the molecule is Cn1nc(-c2ccccc2)cc1NC(=S)N1CCN(Cc2ccc(C(F)(F)F)cc2)CC1. The van der Waals surface area contributed by atoms with E-state index < -0.39 is 11.7 Å². The van der Waals surface area contributed by atoms with Gasteiger partial charge in [0, 0.05) is 51.4 Å². The molecule has 0 radical (unpaired) electrons. The Kier molecular flexibility index (Phi) is 6.48. The van der Waals surface area contributed by atoms with Crippen LogP contribution in [0.25, 0.3) is 11.3 Å². The first-order valence-electron chi connectivity index (χ1n) is 10.3. The molecular weight excluding hydrogens is 435 g/mol. The van der Waals surface area contributed by atoms with Crippen LogP contribution in [0.2, 0.25) is 0 Å². The Labute approximate surface area is 190 Å². The molecule has 1 aliphatic heterocycles. The summed E-state index contributed by atoms with van der Waals surface area (Å²) in [5.41, 5.74) is 2.17. The zero-order chi connectivity index (χ0) is 22.7. The molecule has 1 N–H and O–H groups in total. The quantitative estimate of drug-likeness (QED) is 0.576. The van der Waals surface area contributed by atoms with Crippen molar-refractivity contribution in [2.45, 2.75) is 12.7 Å². The van der Waals surface area contributed by atoms with Gasteiger partial charge in [-0.3, -0.25) is 9.58 Å². The molecule has 0 atom stereocenters. The monoisotopic (exact) mass is 459 g/mol. The second-order valence-corrected chi connectivity index (χ2v) is 8.18. The molecule has 1 aromatic heterocycles. The van der Waals surface area contributed by atoms with Crippen molar-refractivity contribution >= 4 is 23.1 Å². The van der Waals surface area contributed by atoms with Gasteiger partial charge in [0.1, 0.15) is 5.82 Å². The summed E-state index contributed by atoms with van der Waals surface area (Å²) in [5, 5.41) is 8.48. The minimum absolute atomic E-state index is 0.618. The minimum atomic E-state index is -4.30. The van der Waals surface area contributed by atoms with E-state index in [1.807, 2.05) is 43.4 Å². The van der Waals surface area contributed by atoms with Crippen molar-refractivity contribution in [1.82, 2.24) is 19.6 Å². The Morgan fingerprint density at radius 1 is 1.00 bits per heavy atom. The second kappa shape index (κ2) is 9.30. The summed E-state index contributed by atoms with van der Waals surface area (Å²) in [5.74, 6) is 0.820. The highest BCUT2D eigenvalue weighted by Gasteiger charge is 2.30. The molecule has 0 unspecified atom stereocenters. The van der Waals surface area contributed by atoms with Gasteiger partial charge in [-0.15, -0.1) is 0 Å². The van der Waals surface area contributed by atoms with Crippen LogP contribution in [0, 0.1) is 0 Å². The van der Waals surface area contributed by atoms with Crippen molar-refractivity contribution in [2.24, 2.45) is 7.05 Å². The third-order valence-corrected chi connectivity index (χ3v) is 5.89. The molecule has 4 rings (SSSR count). The van der Waals surface area contributed by atoms with Gasteiger partial charge in [-0.1, -0.05) is 42.5 Å². The van der Waals surface area contributed by atoms with E-state index in [0.29, 0.717) is 11.7 Å². The Balaban J connectivity index is 1.30. The zero-order valence-corrected chi connectivity index (χ0v) is 18.5. The number of hydrogen-bond acceptors (Lipinski definition) is 3. The highest BCUT2D eigenvalue weighted by Crippen LogP contribution is 2.29. The molecular formula is C23H24F3N5S. The average molecular weight is 460 g/mol. The lowest BCUT2D eigenvalue weighted by molar-refractivity contribution is -0.137. The number of piperazine rings is 1. The van der Waals surface area contributed by atoms with Gasteiger partial charge < -0.3 is 10.2 Å². The van der Waals surface area contributed by atoms with Gasteiger partial charge in [-0.05, 0) is 29.9 Å². The number of nitrogens with zero attached hydrogens (tertiary/aromatic N) is 4. The van der Waals surface area contributed by atoms with Crippen LogP contribution in [0.4, 0.5) is 19.0 Å². The molecule has 1 saturated heterocycles. The number of aromatic nitrogens is 2. The number of anilines is 1. The first-order valence-corrected chi connectivity index (χ1v) is 10.7. The van der Waals surface area contributed by atoms with Crippen LogP contribution in [-0.2, 0) is 19.8 Å². The second-order valence-electron chi connectivity index (χ2n) is 7.79. The summed E-state index contributed by atoms with van der Waals surface area (Å²) < 4.78 is 40.0. The number of halogens is 3. The summed E-state index contributed by atoms with van der Waals surface area (Å²) in [4.78, 5) is 4.33. The molecule has 0 bridgehead atoms. The summed E-state index contributed by atoms with van der Waals surface area (Å²) in [7, 11) is 1.87. The minimum Gasteiger partial charge on any atom is -0.346 e. The van der Waals surface area contributed by atoms with Crippen molar-refractivity contribution in [1.29, 1.82) is 0 Å². The topological polar surface area (TPSA) is 36.3 Å². The molecule has 0 saturated carbocycles. The van der Waals surface area contributed by atoms with Gasteiger partial charge in [0.25, 0.3) is 0 Å². The summed E-state index contributed by atoms with van der Waals surface area (Å²) in [6, 6.07) is 17.3. The first-order chi connectivity index (χ1) is 15.3. The Morgan fingerprint density at radius 3 is 2.28 bits per heavy atom. The molecule has 1 aliphatic rings. The van der Waals surface area contributed by atoms with Gasteiger partial charge >= 0.3 is 6.18 Å². The zero-order valence-electron chi connectivity index (χ0n) is 17.6. The fraction of sp³-hybridized carbons (Fsp3) is 0.304. The first kappa shape index (κ1) is 22.3. The molecule has 0 amide bonds. The lowest BCUT2D eigenvalue weighted by Gasteiger charge is -2.36. The largest absolute Gasteiger partial charge is 0.416 e. The van der Waals surface area contributed by atoms with E-state index in [1.165, 1.54) is 0 Å². The Morgan fingerprint density at radius 2 is 1.66 bits per heavy atom. The van der Waals surface area contributed by atoms with Crippen molar-refractivity contribution < 1.29 is 13.2 Å². The Hall–Kier alpha value is -2.91. The van der Waals surface area contributed by atoms with Crippen LogP contribution >= 0.6 is 12.2 Å². The van der Waals surface area contributed by atoms with E-state index in [-0.39, 0.29) is 0 Å². The van der Waals surface area contributed by atoms with Crippen molar-refractivity contribution in [3.8, 4) is 11.3 Å². The van der Waals surface area contributed by atoms with E-state index in [0.717, 1.165) is 61.0 Å². The number of benzene rings is 2. The van der Waals surface area contributed by atoms with Crippen LogP contribution in [0.5, 0.6) is 0 Å². The van der Waals surface area contributed by atoms with E-state index in [1.54, 1.807) is 16.8 Å². The van der Waals surface area contributed by atoms with E-state index in [2.05, 4.69) is 20.2 Å². The molecule has 2 heterocycles. The van der Waals surface area contributed by atoms with Gasteiger partial charge in [-0.2, -0.15) is 18.3 Å². The molecule has 2 aromatic carbocycles. The van der Waals surface area contributed by atoms with Crippen LogP contribution in [-0.4, -0.2) is 50.9 Å². The number of hydrogen-bond donors (Lipinski definition) is 1. The van der Waals surface area contributed by atoms with Crippen LogP contribution in [0.3, 0.4) is 0 Å². The highest BCUT2D eigenvalue weighted by atomic mass is 32.1. The molecule has 32 heavy (non-hydrogen) atoms. The van der Waals surface area contributed by atoms with Crippen molar-refractivity contribution in [3.63, 3.8) is 0 Å². The fourth-order valence-corrected chi connectivity index (χ4v) is 3.98. The molecule has 0 aliphatic carbocycles. The number of thiocarbonyl (C=S) groups is 1. The maximum atomic E-state index is 12.7. The number of nitrogens with one attached hydrogen (secondary N) is 1. The third kappa shape index (κ3) is 5.28. The van der Waals surface area contributed by atoms with Gasteiger partial charge in [0.2, 0.25) is 0 Å². The normalized spacial score (nSPS) is 15.1. The lowest BCUT2D eigenvalue weighted by atomic mass is 10.1. The maximum absolute atomic E-state index is 12.7. The van der Waals surface area contributed by atoms with Crippen LogP contribution in [0.1, 0.15) is 11.1 Å². The van der Waals surface area contributed by atoms with Crippen molar-refractivity contribution in [2.75, 3.05) is 31.5 Å². The summed E-state index contributed by atoms with van der Waals surface area (Å²) in [6.07, 6.45) is -4.30. The van der Waals surface area contributed by atoms with E-state index in [9.17, 15) is 13.2 Å². The lowest BCUT2D eigenvalue weighted by Crippen LogP contribution is -2.49. The Bertz CT molecular complexity index is 1060. The van der Waals surface area contributed by atoms with Crippen LogP contribution < -0.4 is 5.32 Å². The predicted octanol–water partition coefficient (Wildman–Crippen LogP) is 4.62. The number of rotatable bonds is 4. The standard InChI is InChI=1S/C23H24F3N5S/c1-29-21(15-20(28-29)18-5-3-2-4-6-18)27-22(32)31-13-11-30(12-14-31)16-17-7-9-19(10-8-17)23(24,25)26/h2-10,15H,11-14,16H2,1H3,(H,27,32). The highest BCUT2D eigenvalue weighted by molar-refractivity contribution is 7.80. The fourth-order valence-electron chi connectivity index (χ4n) is 3.69. The predicted molar refractivity (Wildman–Crippen MR) is 123 cm³/mol. The molecule has 5 nitrogen and oxygen atoms in total. The molecule has 0 spiro atoms. The summed E-state index contributed by atoms with van der Waals surface area (Å²) in [6.45, 7) is 3.67. The molecule has 9 heteroatoms. The summed E-state index contributed by atoms with van der Waals surface area (Å²) >= 11 is 5.61. The van der Waals surface area contributed by atoms with E-state index in [4.69, 9.17) is 12.2 Å². The number of aryl methyl sites for hydroxylation is 1. The van der Waals surface area contributed by atoms with Gasteiger partial charge in [0.05, 0.1) is 11.3 Å². The molecule has 168 valence electrons. The van der Waals surface area contributed by atoms with Gasteiger partial charge in [-0.25, -0.2) is 0 Å². The van der Waals surface area contributed by atoms with Crippen LogP contribution in [0.15, 0.2) is 60.7 Å². The number of alkyl halides is 3. The maximum Gasteiger partial charge on any atom is 0.416 e. The third-order valence-electron chi connectivity index (χ3n) is 5.53. The van der Waals surface area contributed by atoms with Gasteiger partial charge in [0.15, 0.2) is 5.11 Å². The van der Waals surface area contributed by atoms with Crippen molar-refractivity contribution in [3.05, 3.63) is 71.8 Å². The molecule has 1 fully saturated rings. The van der Waals surface area contributed by atoms with E-state index >= 15 is 0 Å².